The normalized spacial score (nSPS) is 11.3. The first kappa shape index (κ1) is 58.9. The molecule has 0 heteroatoms. The molecule has 0 aliphatic heterocycles. The molecule has 0 bridgehead atoms. The monoisotopic (exact) mass is 1160 g/mol. The molecule has 13 aromatic rings. The number of rotatable bonds is 12. The molecule has 0 radical (unpaired) electrons. The predicted octanol–water partition coefficient (Wildman–Crippen LogP) is 25.4. The predicted molar refractivity (Wildman–Crippen MR) is 389 cm³/mol. The minimum Gasteiger partial charge on any atom is -0.0622 e. The molecule has 0 saturated heterocycles. The Balaban J connectivity index is 1.04. The Hall–Kier alpha value is -10.1. The van der Waals surface area contributed by atoms with E-state index in [9.17, 15) is 0 Å². The molecule has 0 atom stereocenters. The van der Waals surface area contributed by atoms with Crippen LogP contribution in [-0.4, -0.2) is 0 Å². The summed E-state index contributed by atoms with van der Waals surface area (Å²) in [7, 11) is 0. The first-order chi connectivity index (χ1) is 43.6. The van der Waals surface area contributed by atoms with E-state index in [1.807, 2.05) is 0 Å². The standard InChI is InChI=1S/C90H78/c1-55-61(7)88(62(8)56(2)85(55)79-46-73(67-31-19-13-20-32-67)43-74(47-79)68-33-21-14-22-34-68)82-52-83(89-63(9)57(3)86(58(4)64(89)10)80-48-75(69-35-23-15-24-36-69)44-76(49-80)70-37-25-16-26-38-70)54-84(53-82)90-65(11)59(5)87(60(6)66(90)12)81-50-77(71-39-27-17-28-40-71)45-78(51-81)72-41-29-18-30-42-72/h13-54H,1-12H3. The van der Waals surface area contributed by atoms with Crippen LogP contribution in [-0.2, 0) is 0 Å². The van der Waals surface area contributed by atoms with Crippen molar-refractivity contribution in [2.24, 2.45) is 0 Å². The maximum Gasteiger partial charge on any atom is -0.0119 e. The van der Waals surface area contributed by atoms with Crippen LogP contribution in [0, 0.1) is 83.1 Å². The van der Waals surface area contributed by atoms with Crippen LogP contribution in [0.2, 0.25) is 0 Å². The van der Waals surface area contributed by atoms with Gasteiger partial charge in [0.15, 0.2) is 0 Å². The largest absolute Gasteiger partial charge is 0.0622 e. The van der Waals surface area contributed by atoms with E-state index in [0.717, 1.165) is 0 Å². The van der Waals surface area contributed by atoms with E-state index in [1.165, 1.54) is 200 Å². The number of hydrogen-bond donors (Lipinski definition) is 0. The lowest BCUT2D eigenvalue weighted by atomic mass is 9.78. The van der Waals surface area contributed by atoms with Crippen LogP contribution in [0.4, 0.5) is 0 Å². The van der Waals surface area contributed by atoms with Gasteiger partial charge in [-0.25, -0.2) is 0 Å². The molecule has 0 unspecified atom stereocenters. The van der Waals surface area contributed by atoms with Crippen molar-refractivity contribution in [2.45, 2.75) is 83.1 Å². The van der Waals surface area contributed by atoms with Crippen molar-refractivity contribution in [3.8, 4) is 134 Å². The van der Waals surface area contributed by atoms with E-state index in [-0.39, 0.29) is 0 Å². The Bertz CT molecular complexity index is 4100. The van der Waals surface area contributed by atoms with Crippen molar-refractivity contribution < 1.29 is 0 Å². The molecule has 0 aliphatic carbocycles. The molecule has 0 aromatic heterocycles. The fraction of sp³-hybridized carbons (Fsp3) is 0.133. The molecule has 0 aliphatic rings. The Kier molecular flexibility index (Phi) is 16.0. The zero-order chi connectivity index (χ0) is 62.5. The Morgan fingerprint density at radius 2 is 0.211 bits per heavy atom. The average Bonchev–Trinajstić information content (AvgIpc) is 0.922. The maximum atomic E-state index is 2.53. The zero-order valence-corrected chi connectivity index (χ0v) is 54.2. The highest BCUT2D eigenvalue weighted by Gasteiger charge is 2.26. The third kappa shape index (κ3) is 10.9. The molecule has 0 nitrogen and oxygen atoms in total. The van der Waals surface area contributed by atoms with Crippen molar-refractivity contribution in [1.82, 2.24) is 0 Å². The van der Waals surface area contributed by atoms with E-state index in [4.69, 9.17) is 0 Å². The minimum atomic E-state index is 1.21. The van der Waals surface area contributed by atoms with Crippen LogP contribution in [0.25, 0.3) is 134 Å². The number of hydrogen-bond acceptors (Lipinski definition) is 0. The molecule has 13 aromatic carbocycles. The second-order valence-electron chi connectivity index (χ2n) is 25.1. The second kappa shape index (κ2) is 24.4. The topological polar surface area (TPSA) is 0 Å². The second-order valence-corrected chi connectivity index (χ2v) is 25.1. The molecular formula is C90H78. The number of benzene rings is 13. The van der Waals surface area contributed by atoms with E-state index in [2.05, 4.69) is 338 Å². The lowest BCUT2D eigenvalue weighted by Gasteiger charge is -2.26. The summed E-state index contributed by atoms with van der Waals surface area (Å²) in [5.74, 6) is 0. The van der Waals surface area contributed by atoms with Crippen LogP contribution in [0.15, 0.2) is 255 Å². The maximum absolute atomic E-state index is 2.53. The molecule has 0 N–H and O–H groups in total. The molecule has 0 amide bonds. The summed E-state index contributed by atoms with van der Waals surface area (Å²) in [4.78, 5) is 0. The molecule has 0 fully saturated rings. The lowest BCUT2D eigenvalue weighted by molar-refractivity contribution is 1.23. The zero-order valence-electron chi connectivity index (χ0n) is 54.2. The smallest absolute Gasteiger partial charge is 0.0119 e. The molecule has 438 valence electrons. The fourth-order valence-electron chi connectivity index (χ4n) is 14.7. The molecule has 13 rings (SSSR count). The van der Waals surface area contributed by atoms with Crippen molar-refractivity contribution in [1.29, 1.82) is 0 Å². The van der Waals surface area contributed by atoms with Crippen LogP contribution >= 0.6 is 0 Å². The SMILES string of the molecule is Cc1c(C)c(-c2cc(-c3c(C)c(C)c(-c4cc(-c5ccccc5)cc(-c5ccccc5)c4)c(C)c3C)cc(-c3c(C)c(C)c(-c4cc(-c5ccccc5)cc(-c5ccccc5)c4)c(C)c3C)c2)c(C)c(C)c1-c1cc(-c2ccccc2)cc(-c2ccccc2)c1. The molecule has 0 saturated carbocycles. The summed E-state index contributed by atoms with van der Waals surface area (Å²) in [5.41, 5.74) is 45.4. The summed E-state index contributed by atoms with van der Waals surface area (Å²) >= 11 is 0. The lowest BCUT2D eigenvalue weighted by Crippen LogP contribution is -2.04. The summed E-state index contributed by atoms with van der Waals surface area (Å²) in [5, 5.41) is 0. The Labute approximate surface area is 534 Å². The van der Waals surface area contributed by atoms with Crippen LogP contribution in [0.3, 0.4) is 0 Å². The van der Waals surface area contributed by atoms with Gasteiger partial charge in [-0.2, -0.15) is 0 Å². The molecule has 90 heavy (non-hydrogen) atoms. The Morgan fingerprint density at radius 1 is 0.111 bits per heavy atom. The Morgan fingerprint density at radius 3 is 0.333 bits per heavy atom. The molecule has 0 heterocycles. The average molecular weight is 1160 g/mol. The van der Waals surface area contributed by atoms with Crippen LogP contribution < -0.4 is 0 Å². The van der Waals surface area contributed by atoms with Crippen LogP contribution in [0.5, 0.6) is 0 Å². The highest BCUT2D eigenvalue weighted by atomic mass is 14.3. The highest BCUT2D eigenvalue weighted by molar-refractivity contribution is 5.95. The first-order valence-corrected chi connectivity index (χ1v) is 31.9. The van der Waals surface area contributed by atoms with E-state index in [0.29, 0.717) is 0 Å². The third-order valence-electron chi connectivity index (χ3n) is 20.0. The van der Waals surface area contributed by atoms with Gasteiger partial charge in [-0.1, -0.05) is 182 Å². The molecule has 0 spiro atoms. The summed E-state index contributed by atoms with van der Waals surface area (Å²) in [6.07, 6.45) is 0. The van der Waals surface area contributed by atoms with Crippen molar-refractivity contribution >= 4 is 0 Å². The van der Waals surface area contributed by atoms with E-state index >= 15 is 0 Å². The van der Waals surface area contributed by atoms with Crippen molar-refractivity contribution in [3.63, 3.8) is 0 Å². The van der Waals surface area contributed by atoms with Gasteiger partial charge in [-0.3, -0.25) is 0 Å². The van der Waals surface area contributed by atoms with Gasteiger partial charge in [-0.15, -0.1) is 0 Å². The summed E-state index contributed by atoms with van der Waals surface area (Å²) in [6.45, 7) is 28.3. The van der Waals surface area contributed by atoms with Crippen LogP contribution in [0.1, 0.15) is 66.8 Å². The summed E-state index contributed by atoms with van der Waals surface area (Å²) < 4.78 is 0. The van der Waals surface area contributed by atoms with Crippen molar-refractivity contribution in [3.05, 3.63) is 322 Å². The van der Waals surface area contributed by atoms with Gasteiger partial charge in [-0.05, 0) is 356 Å². The summed E-state index contributed by atoms with van der Waals surface area (Å²) in [6, 6.07) is 94.2. The highest BCUT2D eigenvalue weighted by Crippen LogP contribution is 2.49. The van der Waals surface area contributed by atoms with Gasteiger partial charge in [0.25, 0.3) is 0 Å². The van der Waals surface area contributed by atoms with Gasteiger partial charge in [0.2, 0.25) is 0 Å². The van der Waals surface area contributed by atoms with Crippen molar-refractivity contribution in [2.75, 3.05) is 0 Å². The molecular weight excluding hydrogens is 1080 g/mol. The van der Waals surface area contributed by atoms with Gasteiger partial charge in [0.1, 0.15) is 0 Å². The third-order valence-corrected chi connectivity index (χ3v) is 20.0. The van der Waals surface area contributed by atoms with Gasteiger partial charge in [0, 0.05) is 0 Å². The van der Waals surface area contributed by atoms with Gasteiger partial charge < -0.3 is 0 Å². The van der Waals surface area contributed by atoms with E-state index < -0.39 is 0 Å². The quantitative estimate of drug-likeness (QED) is 0.114. The fourth-order valence-corrected chi connectivity index (χ4v) is 14.7. The van der Waals surface area contributed by atoms with Gasteiger partial charge in [0.05, 0.1) is 0 Å². The van der Waals surface area contributed by atoms with Gasteiger partial charge >= 0.3 is 0 Å². The first-order valence-electron chi connectivity index (χ1n) is 31.9. The van der Waals surface area contributed by atoms with E-state index in [1.54, 1.807) is 0 Å². The minimum absolute atomic E-state index is 1.21.